The number of aromatic nitrogens is 3. The van der Waals surface area contributed by atoms with Crippen molar-refractivity contribution in [3.63, 3.8) is 0 Å². The zero-order valence-corrected chi connectivity index (χ0v) is 22.3. The molecule has 0 atom stereocenters. The summed E-state index contributed by atoms with van der Waals surface area (Å²) in [7, 11) is 1.52. The molecule has 0 fully saturated rings. The molecule has 0 spiro atoms. The molecule has 0 bridgehead atoms. The van der Waals surface area contributed by atoms with Gasteiger partial charge in [-0.1, -0.05) is 23.7 Å². The van der Waals surface area contributed by atoms with Gasteiger partial charge in [0.05, 0.1) is 28.5 Å². The van der Waals surface area contributed by atoms with Crippen LogP contribution in [-0.2, 0) is 16.1 Å². The minimum Gasteiger partial charge on any atom is -0.489 e. The van der Waals surface area contributed by atoms with Crippen LogP contribution in [0.25, 0.3) is 10.9 Å². The van der Waals surface area contributed by atoms with Crippen LogP contribution < -0.4 is 20.1 Å². The van der Waals surface area contributed by atoms with Gasteiger partial charge in [-0.05, 0) is 50.3 Å². The van der Waals surface area contributed by atoms with Gasteiger partial charge in [0.25, 0.3) is 0 Å². The van der Waals surface area contributed by atoms with Gasteiger partial charge in [0.1, 0.15) is 36.9 Å². The Labute approximate surface area is 246 Å². The lowest BCUT2D eigenvalue weighted by Gasteiger charge is -2.15. The molecule has 0 radical (unpaired) electrons. The zero-order chi connectivity index (χ0) is 33.3. The number of likely N-dealkylation sites (N-methyl/N-ethyl adjacent to an activating group) is 1. The Morgan fingerprint density at radius 2 is 1.98 bits per heavy atom. The highest BCUT2D eigenvalue weighted by Crippen LogP contribution is 2.35. The van der Waals surface area contributed by atoms with E-state index in [4.69, 9.17) is 34.0 Å². The fourth-order valence-electron chi connectivity index (χ4n) is 3.54. The lowest BCUT2D eigenvalue weighted by atomic mass is 10.1. The van der Waals surface area contributed by atoms with E-state index in [2.05, 4.69) is 25.6 Å². The molecule has 4 aromatic rings. The maximum atomic E-state index is 12.8. The van der Waals surface area contributed by atoms with Crippen molar-refractivity contribution in [2.24, 2.45) is 0 Å². The fraction of sp³-hybridized carbons (Fsp3) is 0.241. The molecule has 2 aromatic carbocycles. The number of anilines is 3. The molecule has 40 heavy (non-hydrogen) atoms. The molecule has 0 aliphatic heterocycles. The molecule has 0 saturated heterocycles. The van der Waals surface area contributed by atoms with Gasteiger partial charge in [0, 0.05) is 51.3 Å². The van der Waals surface area contributed by atoms with Crippen LogP contribution in [-0.4, -0.2) is 66.6 Å². The lowest BCUT2D eigenvalue weighted by molar-refractivity contribution is -0.111. The third-order valence-electron chi connectivity index (χ3n) is 5.39. The molecule has 0 aliphatic rings. The summed E-state index contributed by atoms with van der Waals surface area (Å²) < 4.78 is 61.5. The van der Waals surface area contributed by atoms with Crippen molar-refractivity contribution < 1.29 is 27.2 Å². The van der Waals surface area contributed by atoms with Crippen molar-refractivity contribution in [1.82, 2.24) is 19.9 Å². The van der Waals surface area contributed by atoms with Crippen LogP contribution in [0.5, 0.6) is 11.5 Å². The average molecular weight is 569 g/mol. The third kappa shape index (κ3) is 8.12. The Kier molecular flexibility index (Phi) is 7.67. The Morgan fingerprint density at radius 1 is 1.07 bits per heavy atom. The number of fused-ring (bicyclic) bond motifs is 1. The maximum Gasteiger partial charge on any atom is 0.248 e. The minimum atomic E-state index is -2.88. The first-order valence-corrected chi connectivity index (χ1v) is 12.5. The summed E-state index contributed by atoms with van der Waals surface area (Å²) in [5.41, 5.74) is 2.13. The van der Waals surface area contributed by atoms with E-state index in [9.17, 15) is 4.79 Å². The molecule has 0 saturated carbocycles. The van der Waals surface area contributed by atoms with Crippen molar-refractivity contribution in [3.8, 4) is 11.5 Å². The number of methoxy groups -OCH3 is 1. The van der Waals surface area contributed by atoms with Crippen molar-refractivity contribution in [2.75, 3.05) is 51.5 Å². The number of nitrogens with zero attached hydrogens (tertiary/aromatic N) is 4. The van der Waals surface area contributed by atoms with Gasteiger partial charge in [0.2, 0.25) is 5.91 Å². The van der Waals surface area contributed by atoms with Crippen LogP contribution in [0.15, 0.2) is 73.2 Å². The van der Waals surface area contributed by atoms with E-state index in [1.807, 2.05) is 18.2 Å². The fourth-order valence-corrected chi connectivity index (χ4v) is 3.78. The van der Waals surface area contributed by atoms with Crippen molar-refractivity contribution in [3.05, 3.63) is 83.9 Å². The average Bonchev–Trinajstić information content (AvgIpc) is 2.99. The minimum absolute atomic E-state index is 0.177. The summed E-state index contributed by atoms with van der Waals surface area (Å²) >= 11 is 6.49. The highest BCUT2D eigenvalue weighted by atomic mass is 35.5. The molecule has 2 N–H and O–H groups in total. The molecular weight excluding hydrogens is 532 g/mol. The normalized spacial score (nSPS) is 14.1. The molecule has 208 valence electrons. The second kappa shape index (κ2) is 14.2. The van der Waals surface area contributed by atoms with E-state index in [0.717, 1.165) is 17.8 Å². The van der Waals surface area contributed by atoms with E-state index in [1.54, 1.807) is 36.5 Å². The van der Waals surface area contributed by atoms with Gasteiger partial charge >= 0.3 is 0 Å². The lowest BCUT2D eigenvalue weighted by Crippen LogP contribution is -2.14. The molecule has 0 aliphatic carbocycles. The zero-order valence-electron chi connectivity index (χ0n) is 27.6. The second-order valence-corrected chi connectivity index (χ2v) is 8.72. The third-order valence-corrected chi connectivity index (χ3v) is 5.69. The number of hydrogen-bond donors (Lipinski definition) is 2. The molecule has 10 nitrogen and oxygen atoms in total. The van der Waals surface area contributed by atoms with Crippen LogP contribution in [0.1, 0.15) is 13.9 Å². The van der Waals surface area contributed by atoms with Crippen LogP contribution in [0.2, 0.25) is 5.02 Å². The molecule has 0 unspecified atom stereocenters. The second-order valence-electron chi connectivity index (χ2n) is 8.31. The number of ether oxygens (including phenoxy) is 3. The van der Waals surface area contributed by atoms with Crippen molar-refractivity contribution >= 4 is 45.6 Å². The highest BCUT2D eigenvalue weighted by Gasteiger charge is 2.14. The smallest absolute Gasteiger partial charge is 0.248 e. The SMILES string of the molecule is [2H]C([2H])([2H])N(CC=CC(=O)Nc1cc2c(Nc3ccc(OCc4ccccn4)c(Cl)c3)ncnc2cc1OCCOC)C([2H])([2H])[2H]. The first-order chi connectivity index (χ1) is 21.8. The highest BCUT2D eigenvalue weighted by molar-refractivity contribution is 6.32. The number of benzene rings is 2. The number of carbonyl (C=O) groups excluding carboxylic acids is 1. The largest absolute Gasteiger partial charge is 0.489 e. The predicted octanol–water partition coefficient (Wildman–Crippen LogP) is 5.08. The van der Waals surface area contributed by atoms with Crippen LogP contribution >= 0.6 is 11.6 Å². The molecule has 2 aromatic heterocycles. The van der Waals surface area contributed by atoms with Gasteiger partial charge in [-0.25, -0.2) is 9.97 Å². The standard InChI is InChI=1S/C29H31ClN6O4/c1-36(2)12-6-8-28(37)35-25-16-22-24(17-27(25)39-14-13-38-3)32-19-33-29(22)34-20-9-10-26(23(30)15-20)40-18-21-7-4-5-11-31-21/h4-11,15-17,19H,12-14,18H2,1-3H3,(H,35,37)(H,32,33,34)/i1D3,2D3. The molecular formula is C29H31ClN6O4. The number of hydrogen-bond acceptors (Lipinski definition) is 9. The predicted molar refractivity (Wildman–Crippen MR) is 157 cm³/mol. The quantitative estimate of drug-likeness (QED) is 0.168. The number of pyridine rings is 1. The van der Waals surface area contributed by atoms with Gasteiger partial charge in [-0.15, -0.1) is 0 Å². The van der Waals surface area contributed by atoms with Crippen LogP contribution in [0.3, 0.4) is 0 Å². The van der Waals surface area contributed by atoms with Gasteiger partial charge in [-0.3, -0.25) is 9.78 Å². The van der Waals surface area contributed by atoms with Gasteiger partial charge < -0.3 is 29.7 Å². The summed E-state index contributed by atoms with van der Waals surface area (Å²) in [5.74, 6) is 0.525. The number of nitrogens with one attached hydrogen (secondary N) is 2. The number of rotatable bonds is 13. The van der Waals surface area contributed by atoms with Crippen molar-refractivity contribution in [1.29, 1.82) is 0 Å². The topological polar surface area (TPSA) is 111 Å². The Hall–Kier alpha value is -4.25. The van der Waals surface area contributed by atoms with E-state index in [-0.39, 0.29) is 25.5 Å². The number of amides is 1. The first kappa shape index (κ1) is 21.6. The van der Waals surface area contributed by atoms with Crippen LogP contribution in [0, 0.1) is 0 Å². The first-order valence-electron chi connectivity index (χ1n) is 15.1. The van der Waals surface area contributed by atoms with Gasteiger partial charge in [0.15, 0.2) is 0 Å². The Bertz CT molecular complexity index is 1660. The van der Waals surface area contributed by atoms with E-state index in [0.29, 0.717) is 43.8 Å². The Balaban J connectivity index is 1.56. The van der Waals surface area contributed by atoms with E-state index < -0.39 is 26.4 Å². The summed E-state index contributed by atoms with van der Waals surface area (Å²) in [5, 5.41) is 6.81. The number of carbonyl (C=O) groups is 1. The molecule has 2 heterocycles. The molecule has 11 heteroatoms. The molecule has 1 amide bonds. The monoisotopic (exact) mass is 568 g/mol. The number of halogens is 1. The summed E-state index contributed by atoms with van der Waals surface area (Å²) in [6, 6.07) is 14.0. The maximum absolute atomic E-state index is 12.8. The molecule has 4 rings (SSSR count). The van der Waals surface area contributed by atoms with E-state index in [1.165, 1.54) is 13.4 Å². The Morgan fingerprint density at radius 3 is 2.75 bits per heavy atom. The summed E-state index contributed by atoms with van der Waals surface area (Å²) in [4.78, 5) is 26.1. The summed E-state index contributed by atoms with van der Waals surface area (Å²) in [6.07, 6.45) is 5.26. The summed E-state index contributed by atoms with van der Waals surface area (Å²) in [6.45, 7) is -5.56. The van der Waals surface area contributed by atoms with Gasteiger partial charge in [-0.2, -0.15) is 0 Å². The van der Waals surface area contributed by atoms with E-state index >= 15 is 0 Å². The van der Waals surface area contributed by atoms with Crippen LogP contribution in [0.4, 0.5) is 17.2 Å². The van der Waals surface area contributed by atoms with Crippen molar-refractivity contribution in [2.45, 2.75) is 6.61 Å².